The monoisotopic (exact) mass is 420 g/mol. The van der Waals surface area contributed by atoms with Crippen molar-refractivity contribution in [2.24, 2.45) is 5.92 Å². The van der Waals surface area contributed by atoms with Gasteiger partial charge in [0.1, 0.15) is 5.75 Å². The number of amides is 1. The molecule has 0 unspecified atom stereocenters. The molecule has 0 radical (unpaired) electrons. The second-order valence-corrected chi connectivity index (χ2v) is 7.71. The summed E-state index contributed by atoms with van der Waals surface area (Å²) in [6, 6.07) is 14.2. The molecule has 31 heavy (non-hydrogen) atoms. The van der Waals surface area contributed by atoms with Crippen molar-refractivity contribution in [2.75, 3.05) is 13.7 Å². The van der Waals surface area contributed by atoms with E-state index in [1.54, 1.807) is 31.4 Å². The molecular formula is C23H24N4O4. The predicted octanol–water partition coefficient (Wildman–Crippen LogP) is 1.90. The number of aromatic nitrogens is 3. The Morgan fingerprint density at radius 3 is 2.48 bits per heavy atom. The van der Waals surface area contributed by atoms with Gasteiger partial charge >= 0.3 is 5.69 Å². The van der Waals surface area contributed by atoms with Crippen molar-refractivity contribution < 1.29 is 9.53 Å². The fraction of sp³-hybridized carbons (Fsp3) is 0.304. The van der Waals surface area contributed by atoms with Crippen molar-refractivity contribution >= 4 is 5.91 Å². The fourth-order valence-corrected chi connectivity index (χ4v) is 3.29. The van der Waals surface area contributed by atoms with Crippen LogP contribution in [-0.4, -0.2) is 33.9 Å². The Balaban J connectivity index is 1.82. The Labute approximate surface area is 179 Å². The van der Waals surface area contributed by atoms with Crippen LogP contribution in [0.2, 0.25) is 0 Å². The predicted molar refractivity (Wildman–Crippen MR) is 116 cm³/mol. The van der Waals surface area contributed by atoms with Gasteiger partial charge in [0.25, 0.3) is 11.5 Å². The molecule has 0 spiro atoms. The van der Waals surface area contributed by atoms with Gasteiger partial charge in [-0.25, -0.2) is 4.79 Å². The van der Waals surface area contributed by atoms with Gasteiger partial charge in [0, 0.05) is 6.54 Å². The van der Waals surface area contributed by atoms with Crippen molar-refractivity contribution in [1.82, 2.24) is 19.7 Å². The zero-order valence-electron chi connectivity index (χ0n) is 17.5. The number of aryl methyl sites for hydroxylation is 1. The highest BCUT2D eigenvalue weighted by atomic mass is 16.5. The van der Waals surface area contributed by atoms with Gasteiger partial charge in [0.05, 0.1) is 19.3 Å². The summed E-state index contributed by atoms with van der Waals surface area (Å²) in [5, 5.41) is 6.91. The third kappa shape index (κ3) is 4.42. The summed E-state index contributed by atoms with van der Waals surface area (Å²) in [6.07, 6.45) is 2.13. The number of ether oxygens (including phenoxy) is 1. The molecular weight excluding hydrogens is 396 g/mol. The molecule has 3 aromatic rings. The van der Waals surface area contributed by atoms with Crippen LogP contribution in [0.25, 0.3) is 5.69 Å². The number of methoxy groups -OCH3 is 1. The first kappa shape index (κ1) is 20.6. The second-order valence-electron chi connectivity index (χ2n) is 7.71. The molecule has 4 rings (SSSR count). The summed E-state index contributed by atoms with van der Waals surface area (Å²) in [7, 11) is 1.55. The van der Waals surface area contributed by atoms with Gasteiger partial charge in [0.2, 0.25) is 5.69 Å². The highest BCUT2D eigenvalue weighted by molar-refractivity contribution is 5.91. The van der Waals surface area contributed by atoms with Crippen molar-refractivity contribution in [2.45, 2.75) is 26.3 Å². The van der Waals surface area contributed by atoms with Gasteiger partial charge in [0.15, 0.2) is 0 Å². The van der Waals surface area contributed by atoms with Crippen LogP contribution in [0.4, 0.5) is 0 Å². The Morgan fingerprint density at radius 1 is 1.13 bits per heavy atom. The van der Waals surface area contributed by atoms with Gasteiger partial charge in [-0.05, 0) is 61.1 Å². The van der Waals surface area contributed by atoms with Crippen LogP contribution in [0.5, 0.6) is 5.75 Å². The largest absolute Gasteiger partial charge is 0.497 e. The van der Waals surface area contributed by atoms with Crippen LogP contribution in [-0.2, 0) is 6.54 Å². The number of nitrogens with one attached hydrogen (secondary N) is 1. The average Bonchev–Trinajstić information content (AvgIpc) is 3.61. The van der Waals surface area contributed by atoms with Crippen LogP contribution in [0.15, 0.2) is 58.1 Å². The van der Waals surface area contributed by atoms with Crippen LogP contribution >= 0.6 is 0 Å². The maximum atomic E-state index is 13.2. The molecule has 160 valence electrons. The smallest absolute Gasteiger partial charge is 0.352 e. The zero-order chi connectivity index (χ0) is 22.0. The van der Waals surface area contributed by atoms with E-state index in [1.165, 1.54) is 0 Å². The molecule has 0 saturated heterocycles. The molecule has 0 atom stereocenters. The minimum Gasteiger partial charge on any atom is -0.497 e. The lowest BCUT2D eigenvalue weighted by atomic mass is 10.1. The van der Waals surface area contributed by atoms with Crippen molar-refractivity contribution in [3.8, 4) is 11.4 Å². The van der Waals surface area contributed by atoms with Crippen LogP contribution in [0.3, 0.4) is 0 Å². The van der Waals surface area contributed by atoms with E-state index >= 15 is 0 Å². The molecule has 0 aliphatic heterocycles. The highest BCUT2D eigenvalue weighted by Crippen LogP contribution is 2.27. The molecule has 8 nitrogen and oxygen atoms in total. The standard InChI is InChI=1S/C23H24N4O4/c1-15-5-3-4-6-17(15)14-26-22(29)20(21(28)24-13-16-7-8-16)25-27(23(26)30)18-9-11-19(31-2)12-10-18/h3-6,9-12,16H,7-8,13-14H2,1-2H3,(H,24,28). The zero-order valence-corrected chi connectivity index (χ0v) is 17.5. The van der Waals surface area contributed by atoms with Gasteiger partial charge in [-0.2, -0.15) is 9.78 Å². The third-order valence-corrected chi connectivity index (χ3v) is 5.43. The molecule has 1 aliphatic carbocycles. The molecule has 1 aliphatic rings. The van der Waals surface area contributed by atoms with Gasteiger partial charge < -0.3 is 10.1 Å². The first-order valence-electron chi connectivity index (χ1n) is 10.2. The van der Waals surface area contributed by atoms with E-state index in [-0.39, 0.29) is 12.2 Å². The first-order valence-corrected chi connectivity index (χ1v) is 10.2. The summed E-state index contributed by atoms with van der Waals surface area (Å²) < 4.78 is 7.31. The van der Waals surface area contributed by atoms with Crippen LogP contribution in [0, 0.1) is 12.8 Å². The van der Waals surface area contributed by atoms with E-state index in [1.807, 2.05) is 31.2 Å². The third-order valence-electron chi connectivity index (χ3n) is 5.43. The lowest BCUT2D eigenvalue weighted by molar-refractivity contribution is 0.0942. The normalized spacial score (nSPS) is 13.1. The van der Waals surface area contributed by atoms with Gasteiger partial charge in [-0.3, -0.25) is 14.2 Å². The summed E-state index contributed by atoms with van der Waals surface area (Å²) in [4.78, 5) is 39.1. The molecule has 1 saturated carbocycles. The number of hydrogen-bond donors (Lipinski definition) is 1. The van der Waals surface area contributed by atoms with Crippen LogP contribution < -0.4 is 21.3 Å². The molecule has 8 heteroatoms. The Hall–Kier alpha value is -3.68. The topological polar surface area (TPSA) is 95.2 Å². The summed E-state index contributed by atoms with van der Waals surface area (Å²) in [5.74, 6) is 0.496. The molecule has 1 fully saturated rings. The van der Waals surface area contributed by atoms with Crippen molar-refractivity contribution in [3.63, 3.8) is 0 Å². The van der Waals surface area contributed by atoms with E-state index in [4.69, 9.17) is 4.74 Å². The van der Waals surface area contributed by atoms with Crippen molar-refractivity contribution in [1.29, 1.82) is 0 Å². The Kier molecular flexibility index (Phi) is 5.70. The van der Waals surface area contributed by atoms with Gasteiger partial charge in [-0.15, -0.1) is 0 Å². The van der Waals surface area contributed by atoms with E-state index in [0.717, 1.165) is 33.2 Å². The van der Waals surface area contributed by atoms with E-state index in [9.17, 15) is 14.4 Å². The quantitative estimate of drug-likeness (QED) is 0.630. The number of hydrogen-bond acceptors (Lipinski definition) is 5. The maximum Gasteiger partial charge on any atom is 0.352 e. The molecule has 1 aromatic heterocycles. The molecule has 0 bridgehead atoms. The van der Waals surface area contributed by atoms with E-state index < -0.39 is 17.2 Å². The Morgan fingerprint density at radius 2 is 1.84 bits per heavy atom. The SMILES string of the molecule is COc1ccc(-n2nc(C(=O)NCC3CC3)c(=O)n(Cc3ccccc3C)c2=O)cc1. The van der Waals surface area contributed by atoms with E-state index in [0.29, 0.717) is 23.9 Å². The number of nitrogens with zero attached hydrogens (tertiary/aromatic N) is 3. The minimum atomic E-state index is -0.702. The molecule has 1 N–H and O–H groups in total. The fourth-order valence-electron chi connectivity index (χ4n) is 3.29. The number of rotatable bonds is 7. The summed E-state index contributed by atoms with van der Waals surface area (Å²) in [6.45, 7) is 2.46. The first-order chi connectivity index (χ1) is 15.0. The van der Waals surface area contributed by atoms with Crippen LogP contribution in [0.1, 0.15) is 34.5 Å². The second kappa shape index (κ2) is 8.59. The minimum absolute atomic E-state index is 0.0475. The lowest BCUT2D eigenvalue weighted by Gasteiger charge is -2.13. The summed E-state index contributed by atoms with van der Waals surface area (Å²) >= 11 is 0. The average molecular weight is 420 g/mol. The van der Waals surface area contributed by atoms with Crippen molar-refractivity contribution in [3.05, 3.63) is 86.2 Å². The molecule has 2 aromatic carbocycles. The number of benzene rings is 2. The number of carbonyl (C=O) groups is 1. The lowest BCUT2D eigenvalue weighted by Crippen LogP contribution is -2.46. The number of carbonyl (C=O) groups excluding carboxylic acids is 1. The van der Waals surface area contributed by atoms with E-state index in [2.05, 4.69) is 10.4 Å². The molecule has 1 heterocycles. The summed E-state index contributed by atoms with van der Waals surface area (Å²) in [5.41, 5.74) is 0.577. The van der Waals surface area contributed by atoms with Gasteiger partial charge in [-0.1, -0.05) is 24.3 Å². The molecule has 1 amide bonds. The maximum absolute atomic E-state index is 13.2. The Bertz CT molecular complexity index is 1220. The highest BCUT2D eigenvalue weighted by Gasteiger charge is 2.25.